The van der Waals surface area contributed by atoms with Crippen LogP contribution < -0.4 is 15.4 Å². The number of para-hydroxylation sites is 1. The van der Waals surface area contributed by atoms with Gasteiger partial charge in [-0.2, -0.15) is 0 Å². The third-order valence-corrected chi connectivity index (χ3v) is 3.04. The number of nitrogens with zero attached hydrogens (tertiary/aromatic N) is 1. The number of benzene rings is 1. The Morgan fingerprint density at radius 1 is 1.38 bits per heavy atom. The van der Waals surface area contributed by atoms with Crippen LogP contribution in [0.5, 0.6) is 5.75 Å². The quantitative estimate of drug-likeness (QED) is 0.883. The number of nitrogens with one attached hydrogen (secondary N) is 2. The highest BCUT2D eigenvalue weighted by Crippen LogP contribution is 2.31. The average Bonchev–Trinajstić information content (AvgIpc) is 2.46. The molecule has 2 aromatic rings. The zero-order valence-electron chi connectivity index (χ0n) is 11.3. The van der Waals surface area contributed by atoms with Crippen molar-refractivity contribution in [1.82, 2.24) is 4.98 Å². The number of carbonyl (C=O) groups excluding carboxylic acids is 2. The van der Waals surface area contributed by atoms with Crippen molar-refractivity contribution >= 4 is 23.2 Å². The van der Waals surface area contributed by atoms with E-state index in [4.69, 9.17) is 4.74 Å². The number of aromatic nitrogens is 1. The topological polar surface area (TPSA) is 80.3 Å². The van der Waals surface area contributed by atoms with Crippen molar-refractivity contribution in [1.29, 1.82) is 0 Å². The monoisotopic (exact) mass is 283 g/mol. The summed E-state index contributed by atoms with van der Waals surface area (Å²) >= 11 is 0. The highest BCUT2D eigenvalue weighted by Gasteiger charge is 2.22. The highest BCUT2D eigenvalue weighted by atomic mass is 16.5. The number of pyridine rings is 1. The summed E-state index contributed by atoms with van der Waals surface area (Å²) < 4.78 is 5.36. The number of ether oxygens (including phenoxy) is 1. The molecule has 1 aromatic heterocycles. The van der Waals surface area contributed by atoms with E-state index in [1.165, 1.54) is 0 Å². The molecule has 0 unspecified atom stereocenters. The standard InChI is InChI=1S/C15H13N3O3/c1-9-7-10(5-6-16-9)17-15(20)11-3-2-4-12-14(11)21-8-13(19)18-12/h2-7H,8H2,1H3,(H,18,19)(H,16,17,20). The van der Waals surface area contributed by atoms with Gasteiger partial charge in [-0.3, -0.25) is 14.6 Å². The van der Waals surface area contributed by atoms with Crippen molar-refractivity contribution in [3.63, 3.8) is 0 Å². The Balaban J connectivity index is 1.89. The van der Waals surface area contributed by atoms with Gasteiger partial charge in [-0.25, -0.2) is 0 Å². The largest absolute Gasteiger partial charge is 0.481 e. The summed E-state index contributed by atoms with van der Waals surface area (Å²) in [5, 5.41) is 5.46. The molecule has 0 bridgehead atoms. The Morgan fingerprint density at radius 2 is 2.24 bits per heavy atom. The molecule has 106 valence electrons. The first-order valence-electron chi connectivity index (χ1n) is 6.43. The van der Waals surface area contributed by atoms with Crippen LogP contribution in [0.2, 0.25) is 0 Å². The Hall–Kier alpha value is -2.89. The number of fused-ring (bicyclic) bond motifs is 1. The molecule has 0 saturated heterocycles. The lowest BCUT2D eigenvalue weighted by Crippen LogP contribution is -2.27. The van der Waals surface area contributed by atoms with Crippen LogP contribution in [0.25, 0.3) is 0 Å². The zero-order valence-corrected chi connectivity index (χ0v) is 11.3. The van der Waals surface area contributed by atoms with Crippen LogP contribution in [0.1, 0.15) is 16.1 Å². The van der Waals surface area contributed by atoms with Gasteiger partial charge in [0.1, 0.15) is 0 Å². The molecule has 3 rings (SSSR count). The van der Waals surface area contributed by atoms with Crippen molar-refractivity contribution < 1.29 is 14.3 Å². The van der Waals surface area contributed by atoms with Crippen LogP contribution in [-0.4, -0.2) is 23.4 Å². The van der Waals surface area contributed by atoms with Crippen molar-refractivity contribution in [2.75, 3.05) is 17.2 Å². The molecule has 0 spiro atoms. The predicted molar refractivity (Wildman–Crippen MR) is 77.5 cm³/mol. The molecule has 6 heteroatoms. The Kier molecular flexibility index (Phi) is 3.27. The smallest absolute Gasteiger partial charge is 0.262 e. The number of aryl methyl sites for hydroxylation is 1. The summed E-state index contributed by atoms with van der Waals surface area (Å²) in [7, 11) is 0. The van der Waals surface area contributed by atoms with Crippen molar-refractivity contribution in [3.8, 4) is 5.75 Å². The maximum Gasteiger partial charge on any atom is 0.262 e. The first-order valence-corrected chi connectivity index (χ1v) is 6.43. The van der Waals surface area contributed by atoms with Gasteiger partial charge in [0.15, 0.2) is 12.4 Å². The van der Waals surface area contributed by atoms with Crippen LogP contribution in [-0.2, 0) is 4.79 Å². The Bertz CT molecular complexity index is 728. The van der Waals surface area contributed by atoms with E-state index in [2.05, 4.69) is 15.6 Å². The fourth-order valence-corrected chi connectivity index (χ4v) is 2.12. The van der Waals surface area contributed by atoms with Gasteiger partial charge >= 0.3 is 0 Å². The van der Waals surface area contributed by atoms with Gasteiger partial charge in [-0.1, -0.05) is 6.07 Å². The Labute approximate surface area is 121 Å². The molecule has 2 heterocycles. The highest BCUT2D eigenvalue weighted by molar-refractivity contribution is 6.09. The third kappa shape index (κ3) is 2.69. The number of hydrogen-bond donors (Lipinski definition) is 2. The van der Waals surface area contributed by atoms with E-state index >= 15 is 0 Å². The number of amides is 2. The maximum atomic E-state index is 12.4. The van der Waals surface area contributed by atoms with E-state index in [9.17, 15) is 9.59 Å². The van der Waals surface area contributed by atoms with Crippen LogP contribution in [0.4, 0.5) is 11.4 Å². The van der Waals surface area contributed by atoms with E-state index in [0.717, 1.165) is 5.69 Å². The van der Waals surface area contributed by atoms with Gasteiger partial charge in [0.2, 0.25) is 0 Å². The van der Waals surface area contributed by atoms with Crippen molar-refractivity contribution in [2.24, 2.45) is 0 Å². The lowest BCUT2D eigenvalue weighted by Gasteiger charge is -2.20. The summed E-state index contributed by atoms with van der Waals surface area (Å²) in [5.41, 5.74) is 2.35. The molecular formula is C15H13N3O3. The number of anilines is 2. The summed E-state index contributed by atoms with van der Waals surface area (Å²) in [6.07, 6.45) is 1.63. The van der Waals surface area contributed by atoms with E-state index in [0.29, 0.717) is 22.7 Å². The van der Waals surface area contributed by atoms with Crippen molar-refractivity contribution in [2.45, 2.75) is 6.92 Å². The first kappa shape index (κ1) is 13.1. The SMILES string of the molecule is Cc1cc(NC(=O)c2cccc3c2OCC(=O)N3)ccn1. The molecule has 1 aromatic carbocycles. The minimum Gasteiger partial charge on any atom is -0.481 e. The van der Waals surface area contributed by atoms with E-state index < -0.39 is 0 Å². The lowest BCUT2D eigenvalue weighted by atomic mass is 10.1. The minimum absolute atomic E-state index is 0.0916. The van der Waals surface area contributed by atoms with Gasteiger partial charge in [0, 0.05) is 17.6 Å². The normalized spacial score (nSPS) is 12.9. The van der Waals surface area contributed by atoms with Gasteiger partial charge in [-0.05, 0) is 31.2 Å². The van der Waals surface area contributed by atoms with E-state index in [1.807, 2.05) is 6.92 Å². The second-order valence-electron chi connectivity index (χ2n) is 4.66. The fourth-order valence-electron chi connectivity index (χ4n) is 2.12. The summed E-state index contributed by atoms with van der Waals surface area (Å²) in [4.78, 5) is 27.7. The third-order valence-electron chi connectivity index (χ3n) is 3.04. The molecule has 0 radical (unpaired) electrons. The van der Waals surface area contributed by atoms with Gasteiger partial charge in [0.25, 0.3) is 11.8 Å². The van der Waals surface area contributed by atoms with Gasteiger partial charge in [-0.15, -0.1) is 0 Å². The van der Waals surface area contributed by atoms with Gasteiger partial charge < -0.3 is 15.4 Å². The van der Waals surface area contributed by atoms with Crippen LogP contribution in [0, 0.1) is 6.92 Å². The fraction of sp³-hybridized carbons (Fsp3) is 0.133. The molecule has 0 saturated carbocycles. The van der Waals surface area contributed by atoms with Gasteiger partial charge in [0.05, 0.1) is 11.3 Å². The second-order valence-corrected chi connectivity index (χ2v) is 4.66. The Morgan fingerprint density at radius 3 is 3.05 bits per heavy atom. The second kappa shape index (κ2) is 5.24. The number of rotatable bonds is 2. The first-order chi connectivity index (χ1) is 10.1. The molecule has 1 aliphatic heterocycles. The van der Waals surface area contributed by atoms with E-state index in [-0.39, 0.29) is 18.4 Å². The van der Waals surface area contributed by atoms with Crippen LogP contribution in [0.15, 0.2) is 36.5 Å². The predicted octanol–water partition coefficient (Wildman–Crippen LogP) is 1.97. The molecular weight excluding hydrogens is 270 g/mol. The lowest BCUT2D eigenvalue weighted by molar-refractivity contribution is -0.118. The minimum atomic E-state index is -0.298. The summed E-state index contributed by atoms with van der Waals surface area (Å²) in [6.45, 7) is 1.75. The zero-order chi connectivity index (χ0) is 14.8. The molecule has 2 N–H and O–H groups in total. The molecule has 21 heavy (non-hydrogen) atoms. The molecule has 0 aliphatic carbocycles. The van der Waals surface area contributed by atoms with Crippen LogP contribution in [0.3, 0.4) is 0 Å². The molecule has 6 nitrogen and oxygen atoms in total. The van der Waals surface area contributed by atoms with E-state index in [1.54, 1.807) is 36.5 Å². The molecule has 0 atom stereocenters. The molecule has 0 fully saturated rings. The maximum absolute atomic E-state index is 12.4. The average molecular weight is 283 g/mol. The van der Waals surface area contributed by atoms with Crippen molar-refractivity contribution in [3.05, 3.63) is 47.8 Å². The summed E-state index contributed by atoms with van der Waals surface area (Å²) in [6, 6.07) is 8.53. The number of hydrogen-bond acceptors (Lipinski definition) is 4. The van der Waals surface area contributed by atoms with Crippen LogP contribution >= 0.6 is 0 Å². The molecule has 1 aliphatic rings. The number of carbonyl (C=O) groups is 2. The summed E-state index contributed by atoms with van der Waals surface area (Å²) in [5.74, 6) is -0.140. The molecule has 2 amide bonds.